The average molecular weight is 616 g/mol. The summed E-state index contributed by atoms with van der Waals surface area (Å²) in [4.78, 5) is 51.0. The van der Waals surface area contributed by atoms with Crippen LogP contribution in [-0.2, 0) is 27.3 Å². The van der Waals surface area contributed by atoms with E-state index in [9.17, 15) is 19.2 Å². The van der Waals surface area contributed by atoms with Gasteiger partial charge in [-0.3, -0.25) is 14.4 Å². The lowest BCUT2D eigenvalue weighted by Crippen LogP contribution is -2.44. The number of halogens is 2. The number of nitrogens with one attached hydrogen (secondary N) is 2. The summed E-state index contributed by atoms with van der Waals surface area (Å²) in [5.74, 6) is -1.63. The molecule has 0 bridgehead atoms. The number of amides is 3. The topological polar surface area (TPSA) is 131 Å². The average Bonchev–Trinajstić information content (AvgIpc) is 2.95. The molecule has 4 N–H and O–H groups in total. The van der Waals surface area contributed by atoms with Gasteiger partial charge in [-0.1, -0.05) is 61.3 Å². The Morgan fingerprint density at radius 3 is 2.12 bits per heavy atom. The highest BCUT2D eigenvalue weighted by Crippen LogP contribution is 2.24. The third kappa shape index (κ3) is 9.78. The van der Waals surface area contributed by atoms with E-state index in [1.807, 2.05) is 13.8 Å². The monoisotopic (exact) mass is 614 g/mol. The van der Waals surface area contributed by atoms with Crippen molar-refractivity contribution < 1.29 is 23.9 Å². The molecule has 0 heterocycles. The second-order valence-corrected chi connectivity index (χ2v) is 10.2. The zero-order valence-electron chi connectivity index (χ0n) is 24.2. The Bertz CT molecular complexity index is 1380. The Morgan fingerprint density at radius 1 is 0.952 bits per heavy atom. The van der Waals surface area contributed by atoms with E-state index < -0.39 is 29.9 Å². The number of carbonyl (C=O) groups is 4. The van der Waals surface area contributed by atoms with Crippen molar-refractivity contribution in [3.05, 3.63) is 93.0 Å². The molecule has 9 nitrogen and oxygen atoms in total. The summed E-state index contributed by atoms with van der Waals surface area (Å²) < 4.78 is 5.35. The molecule has 224 valence electrons. The van der Waals surface area contributed by atoms with Crippen LogP contribution in [0.4, 0.5) is 11.4 Å². The van der Waals surface area contributed by atoms with E-state index in [1.54, 1.807) is 69.4 Å². The molecule has 0 aromatic heterocycles. The van der Waals surface area contributed by atoms with Crippen LogP contribution in [0.5, 0.6) is 0 Å². The van der Waals surface area contributed by atoms with E-state index in [-0.39, 0.29) is 27.6 Å². The number of hydrogen-bond acceptors (Lipinski definition) is 6. The third-order valence-corrected chi connectivity index (χ3v) is 6.39. The van der Waals surface area contributed by atoms with Crippen molar-refractivity contribution in [2.45, 2.75) is 52.8 Å². The van der Waals surface area contributed by atoms with Gasteiger partial charge in [0.05, 0.1) is 27.3 Å². The number of ether oxygens (including phenoxy) is 1. The molecular weight excluding hydrogens is 579 g/mol. The summed E-state index contributed by atoms with van der Waals surface area (Å²) in [7, 11) is 1.63. The molecule has 0 aliphatic heterocycles. The van der Waals surface area contributed by atoms with Gasteiger partial charge in [-0.05, 0) is 61.4 Å². The molecule has 3 aromatic carbocycles. The quantitative estimate of drug-likeness (QED) is 0.143. The van der Waals surface area contributed by atoms with E-state index >= 15 is 0 Å². The molecule has 11 heteroatoms. The normalized spacial score (nSPS) is 11.0. The molecule has 0 aliphatic rings. The molecule has 0 radical (unpaired) electrons. The SMILES string of the molecule is CC.CC(C)OC(=O)C(Cc1ccc(NC(=O)c2cc(CN(C)C=O)ccc2N)cc1)NC(=O)c1c(Cl)cccc1Cl. The van der Waals surface area contributed by atoms with Crippen LogP contribution in [0.3, 0.4) is 0 Å². The Balaban J connectivity index is 0.00000301. The molecule has 3 amide bonds. The van der Waals surface area contributed by atoms with Gasteiger partial charge in [-0.15, -0.1) is 0 Å². The van der Waals surface area contributed by atoms with Gasteiger partial charge < -0.3 is 26.0 Å². The van der Waals surface area contributed by atoms with Crippen molar-refractivity contribution >= 4 is 58.8 Å². The molecule has 0 spiro atoms. The van der Waals surface area contributed by atoms with Crippen molar-refractivity contribution in [3.63, 3.8) is 0 Å². The summed E-state index contributed by atoms with van der Waals surface area (Å²) in [5.41, 5.74) is 8.60. The van der Waals surface area contributed by atoms with Gasteiger partial charge in [-0.25, -0.2) is 4.79 Å². The summed E-state index contributed by atoms with van der Waals surface area (Å²) in [5, 5.41) is 5.78. The van der Waals surface area contributed by atoms with Crippen LogP contribution < -0.4 is 16.4 Å². The van der Waals surface area contributed by atoms with Crippen LogP contribution in [0.1, 0.15) is 59.5 Å². The number of esters is 1. The number of nitrogens with zero attached hydrogens (tertiary/aromatic N) is 1. The minimum atomic E-state index is -1.02. The van der Waals surface area contributed by atoms with Gasteiger partial charge in [-0.2, -0.15) is 0 Å². The van der Waals surface area contributed by atoms with Crippen molar-refractivity contribution in [2.75, 3.05) is 18.1 Å². The van der Waals surface area contributed by atoms with Crippen molar-refractivity contribution in [3.8, 4) is 0 Å². The first-order valence-corrected chi connectivity index (χ1v) is 14.1. The lowest BCUT2D eigenvalue weighted by Gasteiger charge is -2.20. The smallest absolute Gasteiger partial charge is 0.329 e. The number of nitrogens with two attached hydrogens (primary N) is 1. The Morgan fingerprint density at radius 2 is 1.55 bits per heavy atom. The summed E-state index contributed by atoms with van der Waals surface area (Å²) in [6.45, 7) is 7.75. The molecule has 0 saturated carbocycles. The van der Waals surface area contributed by atoms with Crippen LogP contribution in [-0.4, -0.2) is 48.3 Å². The summed E-state index contributed by atoms with van der Waals surface area (Å²) in [6, 6.07) is 15.4. The zero-order chi connectivity index (χ0) is 31.4. The number of hydrogen-bond donors (Lipinski definition) is 3. The van der Waals surface area contributed by atoms with Crippen molar-refractivity contribution in [1.82, 2.24) is 10.2 Å². The van der Waals surface area contributed by atoms with Gasteiger partial charge >= 0.3 is 5.97 Å². The van der Waals surface area contributed by atoms with Crippen molar-refractivity contribution in [2.24, 2.45) is 0 Å². The minimum absolute atomic E-state index is 0.0624. The van der Waals surface area contributed by atoms with Gasteiger partial charge in [0.1, 0.15) is 6.04 Å². The molecule has 0 saturated heterocycles. The molecule has 3 rings (SSSR count). The molecule has 0 fully saturated rings. The van der Waals surface area contributed by atoms with E-state index in [1.165, 1.54) is 17.0 Å². The zero-order valence-corrected chi connectivity index (χ0v) is 25.8. The highest BCUT2D eigenvalue weighted by molar-refractivity contribution is 6.39. The number of carbonyl (C=O) groups excluding carboxylic acids is 4. The number of nitrogen functional groups attached to an aromatic ring is 1. The van der Waals surface area contributed by atoms with Gasteiger partial charge in [0.15, 0.2) is 0 Å². The van der Waals surface area contributed by atoms with Crippen LogP contribution in [0.15, 0.2) is 60.7 Å². The summed E-state index contributed by atoms with van der Waals surface area (Å²) in [6.07, 6.45) is 0.424. The Kier molecular flexibility index (Phi) is 13.3. The van der Waals surface area contributed by atoms with Gasteiger partial charge in [0.25, 0.3) is 11.8 Å². The maximum atomic E-state index is 12.9. The van der Waals surface area contributed by atoms with E-state index in [2.05, 4.69) is 10.6 Å². The van der Waals surface area contributed by atoms with Gasteiger partial charge in [0.2, 0.25) is 6.41 Å². The first-order valence-electron chi connectivity index (χ1n) is 13.4. The molecule has 0 aliphatic carbocycles. The highest BCUT2D eigenvalue weighted by Gasteiger charge is 2.26. The number of anilines is 2. The van der Waals surface area contributed by atoms with Crippen LogP contribution in [0, 0.1) is 0 Å². The fraction of sp³-hybridized carbons (Fsp3) is 0.290. The molecular formula is C31H36Cl2N4O5. The largest absolute Gasteiger partial charge is 0.461 e. The second kappa shape index (κ2) is 16.4. The molecule has 3 aromatic rings. The van der Waals surface area contributed by atoms with Crippen LogP contribution in [0.2, 0.25) is 10.0 Å². The third-order valence-electron chi connectivity index (χ3n) is 5.76. The first kappa shape index (κ1) is 34.1. The maximum absolute atomic E-state index is 12.9. The summed E-state index contributed by atoms with van der Waals surface area (Å²) >= 11 is 12.3. The molecule has 1 atom stereocenters. The lowest BCUT2D eigenvalue weighted by atomic mass is 10.0. The maximum Gasteiger partial charge on any atom is 0.329 e. The van der Waals surface area contributed by atoms with E-state index in [4.69, 9.17) is 33.7 Å². The lowest BCUT2D eigenvalue weighted by molar-refractivity contribution is -0.149. The van der Waals surface area contributed by atoms with E-state index in [0.29, 0.717) is 29.9 Å². The molecule has 1 unspecified atom stereocenters. The minimum Gasteiger partial charge on any atom is -0.461 e. The van der Waals surface area contributed by atoms with Crippen molar-refractivity contribution in [1.29, 1.82) is 0 Å². The Hall–Kier alpha value is -4.08. The van der Waals surface area contributed by atoms with E-state index in [0.717, 1.165) is 5.56 Å². The fourth-order valence-electron chi connectivity index (χ4n) is 3.83. The standard InChI is InChI=1S/C29H30Cl2N4O5.C2H6/c1-17(2)40-29(39)25(34-28(38)26-22(30)5-4-6-23(26)31)14-18-7-10-20(11-8-18)33-27(37)21-13-19(9-12-24(21)32)15-35(3)16-36;1-2/h4-13,16-17,25H,14-15,32H2,1-3H3,(H,33,37)(H,34,38);1-2H3. The predicted molar refractivity (Wildman–Crippen MR) is 167 cm³/mol. The van der Waals surface area contributed by atoms with Gasteiger partial charge in [0, 0.05) is 31.4 Å². The van der Waals surface area contributed by atoms with Crippen LogP contribution >= 0.6 is 23.2 Å². The highest BCUT2D eigenvalue weighted by atomic mass is 35.5. The number of benzene rings is 3. The Labute approximate surface area is 256 Å². The predicted octanol–water partition coefficient (Wildman–Crippen LogP) is 5.74. The fourth-order valence-corrected chi connectivity index (χ4v) is 4.40. The molecule has 42 heavy (non-hydrogen) atoms. The number of rotatable bonds is 11. The second-order valence-electron chi connectivity index (χ2n) is 9.41. The van der Waals surface area contributed by atoms with Crippen LogP contribution in [0.25, 0.3) is 0 Å². The first-order chi connectivity index (χ1) is 20.0.